The van der Waals surface area contributed by atoms with Crippen molar-refractivity contribution in [3.05, 3.63) is 12.2 Å². The van der Waals surface area contributed by atoms with Gasteiger partial charge in [0, 0.05) is 7.05 Å². The minimum Gasteiger partial charge on any atom is -0.357 e. The SMILES string of the molecule is CNc1nc(NC2(C#N)CCC[C@@H](C)C2)nc(-n2cnc(C#N)n2)n1. The van der Waals surface area contributed by atoms with E-state index in [9.17, 15) is 5.26 Å². The molecule has 2 atom stereocenters. The van der Waals surface area contributed by atoms with Gasteiger partial charge in [0.25, 0.3) is 11.8 Å². The van der Waals surface area contributed by atoms with Crippen molar-refractivity contribution in [3.8, 4) is 18.1 Å². The van der Waals surface area contributed by atoms with Crippen molar-refractivity contribution < 1.29 is 0 Å². The van der Waals surface area contributed by atoms with Gasteiger partial charge in [0.05, 0.1) is 6.07 Å². The second-order valence-electron chi connectivity index (χ2n) is 6.18. The topological polar surface area (TPSA) is 141 Å². The number of hydrogen-bond acceptors (Lipinski definition) is 9. The number of hydrogen-bond donors (Lipinski definition) is 2. The molecule has 2 aromatic heterocycles. The van der Waals surface area contributed by atoms with Gasteiger partial charge < -0.3 is 10.6 Å². The van der Waals surface area contributed by atoms with Gasteiger partial charge in [-0.2, -0.15) is 30.2 Å². The lowest BCUT2D eigenvalue weighted by atomic mass is 9.77. The highest BCUT2D eigenvalue weighted by Gasteiger charge is 2.36. The van der Waals surface area contributed by atoms with E-state index in [0.717, 1.165) is 25.7 Å². The Morgan fingerprint density at radius 3 is 2.72 bits per heavy atom. The fourth-order valence-corrected chi connectivity index (χ4v) is 3.05. The van der Waals surface area contributed by atoms with Crippen molar-refractivity contribution in [1.29, 1.82) is 10.5 Å². The van der Waals surface area contributed by atoms with Gasteiger partial charge in [-0.1, -0.05) is 13.3 Å². The van der Waals surface area contributed by atoms with Gasteiger partial charge in [0.15, 0.2) is 0 Å². The van der Waals surface area contributed by atoms with Crippen LogP contribution >= 0.6 is 0 Å². The lowest BCUT2D eigenvalue weighted by Gasteiger charge is -2.34. The Labute approximate surface area is 145 Å². The summed E-state index contributed by atoms with van der Waals surface area (Å²) < 4.78 is 1.30. The van der Waals surface area contributed by atoms with E-state index < -0.39 is 5.54 Å². The largest absolute Gasteiger partial charge is 0.357 e. The lowest BCUT2D eigenvalue weighted by molar-refractivity contribution is 0.307. The zero-order valence-electron chi connectivity index (χ0n) is 14.1. The molecule has 10 nitrogen and oxygen atoms in total. The molecular formula is C15H18N10. The van der Waals surface area contributed by atoms with Crippen molar-refractivity contribution in [2.24, 2.45) is 5.92 Å². The van der Waals surface area contributed by atoms with Crippen molar-refractivity contribution >= 4 is 11.9 Å². The van der Waals surface area contributed by atoms with E-state index in [4.69, 9.17) is 5.26 Å². The molecule has 0 aliphatic heterocycles. The third kappa shape index (κ3) is 3.48. The molecule has 0 aromatic carbocycles. The second kappa shape index (κ2) is 6.69. The predicted octanol–water partition coefficient (Wildman–Crippen LogP) is 1.25. The molecule has 1 fully saturated rings. The molecule has 10 heteroatoms. The molecule has 0 spiro atoms. The average molecular weight is 338 g/mol. The van der Waals surface area contributed by atoms with E-state index in [1.54, 1.807) is 7.05 Å². The van der Waals surface area contributed by atoms with Crippen molar-refractivity contribution in [3.63, 3.8) is 0 Å². The van der Waals surface area contributed by atoms with Gasteiger partial charge >= 0.3 is 0 Å². The zero-order valence-corrected chi connectivity index (χ0v) is 14.1. The molecule has 3 rings (SSSR count). The highest BCUT2D eigenvalue weighted by Crippen LogP contribution is 2.34. The Hall–Kier alpha value is -3.27. The summed E-state index contributed by atoms with van der Waals surface area (Å²) >= 11 is 0. The number of nitriles is 2. The van der Waals surface area contributed by atoms with Crippen LogP contribution in [0.15, 0.2) is 6.33 Å². The quantitative estimate of drug-likeness (QED) is 0.842. The molecule has 0 saturated heterocycles. The molecule has 128 valence electrons. The minimum absolute atomic E-state index is 0.0236. The van der Waals surface area contributed by atoms with Crippen molar-refractivity contribution in [1.82, 2.24) is 29.7 Å². The van der Waals surface area contributed by atoms with Gasteiger partial charge in [0.1, 0.15) is 17.9 Å². The van der Waals surface area contributed by atoms with Crippen LogP contribution in [-0.4, -0.2) is 42.3 Å². The molecule has 1 aliphatic carbocycles. The first kappa shape index (κ1) is 16.6. The van der Waals surface area contributed by atoms with Crippen LogP contribution in [0.4, 0.5) is 11.9 Å². The number of nitrogens with zero attached hydrogens (tertiary/aromatic N) is 8. The van der Waals surface area contributed by atoms with Crippen molar-refractivity contribution in [2.45, 2.75) is 38.1 Å². The summed E-state index contributed by atoms with van der Waals surface area (Å²) in [7, 11) is 1.69. The summed E-state index contributed by atoms with van der Waals surface area (Å²) in [6.45, 7) is 2.14. The Bertz CT molecular complexity index is 845. The van der Waals surface area contributed by atoms with Crippen molar-refractivity contribution in [2.75, 3.05) is 17.7 Å². The molecule has 2 aromatic rings. The molecule has 1 unspecified atom stereocenters. The second-order valence-corrected chi connectivity index (χ2v) is 6.18. The monoisotopic (exact) mass is 338 g/mol. The maximum absolute atomic E-state index is 9.71. The molecule has 0 bridgehead atoms. The first-order valence-electron chi connectivity index (χ1n) is 8.03. The van der Waals surface area contributed by atoms with Crippen LogP contribution in [0.3, 0.4) is 0 Å². The third-order valence-electron chi connectivity index (χ3n) is 4.21. The van der Waals surface area contributed by atoms with Crippen LogP contribution in [0.5, 0.6) is 0 Å². The van der Waals surface area contributed by atoms with Gasteiger partial charge in [-0.3, -0.25) is 0 Å². The lowest BCUT2D eigenvalue weighted by Crippen LogP contribution is -2.41. The van der Waals surface area contributed by atoms with Crippen LogP contribution in [0.25, 0.3) is 5.95 Å². The number of rotatable bonds is 4. The molecule has 0 radical (unpaired) electrons. The molecule has 2 heterocycles. The van der Waals surface area contributed by atoms with Gasteiger partial charge in [-0.25, -0.2) is 4.98 Å². The number of aromatic nitrogens is 6. The summed E-state index contributed by atoms with van der Waals surface area (Å²) in [5, 5.41) is 28.6. The maximum atomic E-state index is 9.71. The van der Waals surface area contributed by atoms with E-state index >= 15 is 0 Å². The van der Waals surface area contributed by atoms with Crippen LogP contribution < -0.4 is 10.6 Å². The molecule has 1 saturated carbocycles. The van der Waals surface area contributed by atoms with Crippen LogP contribution in [0.1, 0.15) is 38.4 Å². The highest BCUT2D eigenvalue weighted by atomic mass is 15.4. The third-order valence-corrected chi connectivity index (χ3v) is 4.21. The first-order chi connectivity index (χ1) is 12.1. The summed E-state index contributed by atoms with van der Waals surface area (Å²) in [5.41, 5.74) is -0.693. The molecular weight excluding hydrogens is 320 g/mol. The summed E-state index contributed by atoms with van der Waals surface area (Å²) in [4.78, 5) is 16.7. The highest BCUT2D eigenvalue weighted by molar-refractivity contribution is 5.41. The normalized spacial score (nSPS) is 22.6. The van der Waals surface area contributed by atoms with Gasteiger partial charge in [-0.15, -0.1) is 5.10 Å². The minimum atomic E-state index is -0.693. The molecule has 1 aliphatic rings. The Morgan fingerprint density at radius 2 is 2.08 bits per heavy atom. The average Bonchev–Trinajstić information content (AvgIpc) is 3.10. The summed E-state index contributed by atoms with van der Waals surface area (Å²) in [6, 6.07) is 4.25. The Morgan fingerprint density at radius 1 is 1.28 bits per heavy atom. The smallest absolute Gasteiger partial charge is 0.258 e. The zero-order chi connectivity index (χ0) is 17.9. The number of anilines is 2. The number of nitrogens with one attached hydrogen (secondary N) is 2. The Kier molecular flexibility index (Phi) is 4.44. The van der Waals surface area contributed by atoms with E-state index in [1.165, 1.54) is 11.0 Å². The maximum Gasteiger partial charge on any atom is 0.258 e. The summed E-state index contributed by atoms with van der Waals surface area (Å²) in [5.74, 6) is 1.32. The van der Waals surface area contributed by atoms with Gasteiger partial charge in [0.2, 0.25) is 11.9 Å². The van der Waals surface area contributed by atoms with Crippen LogP contribution in [0, 0.1) is 28.6 Å². The fraction of sp³-hybridized carbons (Fsp3) is 0.533. The fourth-order valence-electron chi connectivity index (χ4n) is 3.05. The van der Waals surface area contributed by atoms with E-state index in [2.05, 4.69) is 48.7 Å². The summed E-state index contributed by atoms with van der Waals surface area (Å²) in [6.07, 6.45) is 4.94. The first-order valence-corrected chi connectivity index (χ1v) is 8.03. The Balaban J connectivity index is 1.95. The molecule has 25 heavy (non-hydrogen) atoms. The van der Waals surface area contributed by atoms with Gasteiger partial charge in [-0.05, 0) is 25.2 Å². The standard InChI is InChI=1S/C15H18N10/c1-10-4-3-5-15(6-10,8-17)23-13-20-12(18-2)21-14(22-13)25-9-19-11(7-16)24-25/h9-10H,3-6H2,1-2H3,(H2,18,20,21,22,23)/t10-,15?/m1/s1. The molecule has 0 amide bonds. The van der Waals surface area contributed by atoms with E-state index in [1.807, 2.05) is 6.07 Å². The van der Waals surface area contributed by atoms with E-state index in [0.29, 0.717) is 17.8 Å². The van der Waals surface area contributed by atoms with Crippen LogP contribution in [0.2, 0.25) is 0 Å². The predicted molar refractivity (Wildman–Crippen MR) is 88.6 cm³/mol. The molecule has 2 N–H and O–H groups in total. The van der Waals surface area contributed by atoms with Crippen LogP contribution in [-0.2, 0) is 0 Å². The van der Waals surface area contributed by atoms with E-state index in [-0.39, 0.29) is 11.8 Å².